The molecule has 1 aromatic heterocycles. The molecule has 0 unspecified atom stereocenters. The minimum absolute atomic E-state index is 0.248. The largest absolute Gasteiger partial charge is 0.491 e. The van der Waals surface area contributed by atoms with Crippen molar-refractivity contribution in [2.45, 2.75) is 76.3 Å². The zero-order valence-electron chi connectivity index (χ0n) is 26.1. The number of fused-ring (bicyclic) bond motifs is 5. The van der Waals surface area contributed by atoms with Gasteiger partial charge in [0.05, 0.1) is 12.2 Å². The van der Waals surface area contributed by atoms with Crippen molar-refractivity contribution in [2.75, 3.05) is 11.9 Å². The lowest BCUT2D eigenvalue weighted by molar-refractivity contribution is -0.131. The number of ether oxygens (including phenoxy) is 1. The summed E-state index contributed by atoms with van der Waals surface area (Å²) in [4.78, 5) is 38.1. The van der Waals surface area contributed by atoms with Gasteiger partial charge in [-0.1, -0.05) is 43.5 Å². The van der Waals surface area contributed by atoms with E-state index in [0.717, 1.165) is 42.2 Å². The maximum atomic E-state index is 13.8. The number of carboxylic acid groups (broad SMARTS) is 1. The highest BCUT2D eigenvalue weighted by Crippen LogP contribution is 2.47. The van der Waals surface area contributed by atoms with Gasteiger partial charge in [0, 0.05) is 33.8 Å². The number of rotatable bonds is 7. The van der Waals surface area contributed by atoms with E-state index in [-0.39, 0.29) is 11.8 Å². The van der Waals surface area contributed by atoms with Gasteiger partial charge in [0.25, 0.3) is 5.91 Å². The summed E-state index contributed by atoms with van der Waals surface area (Å²) in [5.41, 5.74) is 6.74. The van der Waals surface area contributed by atoms with Gasteiger partial charge in [-0.05, 0) is 104 Å². The fraction of sp³-hybridized carbons (Fsp3) is 0.342. The summed E-state index contributed by atoms with van der Waals surface area (Å²) >= 11 is 0. The Hall–Kier alpha value is -4.85. The van der Waals surface area contributed by atoms with E-state index in [9.17, 15) is 14.4 Å². The normalized spacial score (nSPS) is 17.3. The number of hydrogen-bond donors (Lipinski definition) is 3. The van der Waals surface area contributed by atoms with Gasteiger partial charge in [0.1, 0.15) is 17.9 Å². The van der Waals surface area contributed by atoms with E-state index in [4.69, 9.17) is 9.84 Å². The van der Waals surface area contributed by atoms with Crippen LogP contribution in [-0.4, -0.2) is 39.6 Å². The molecular formula is C38H39N3O5. The number of aromatic nitrogens is 1. The van der Waals surface area contributed by atoms with Gasteiger partial charge < -0.3 is 25.0 Å². The van der Waals surface area contributed by atoms with E-state index in [1.807, 2.05) is 12.1 Å². The summed E-state index contributed by atoms with van der Waals surface area (Å²) in [5, 5.41) is 16.1. The Labute approximate surface area is 268 Å². The first-order chi connectivity index (χ1) is 22.3. The molecule has 0 radical (unpaired) electrons. The lowest BCUT2D eigenvalue weighted by Crippen LogP contribution is -2.61. The number of carboxylic acids is 1. The van der Waals surface area contributed by atoms with E-state index < -0.39 is 11.5 Å². The van der Waals surface area contributed by atoms with Crippen LogP contribution in [0.4, 0.5) is 5.69 Å². The third-order valence-electron chi connectivity index (χ3n) is 9.93. The predicted octanol–water partition coefficient (Wildman–Crippen LogP) is 7.45. The Kier molecular flexibility index (Phi) is 7.89. The van der Waals surface area contributed by atoms with Crippen LogP contribution in [0, 0.1) is 6.92 Å². The molecule has 3 aromatic carbocycles. The van der Waals surface area contributed by atoms with E-state index in [2.05, 4.69) is 46.4 Å². The maximum Gasteiger partial charge on any atom is 0.328 e. The van der Waals surface area contributed by atoms with Gasteiger partial charge in [0.2, 0.25) is 5.91 Å². The molecule has 1 aliphatic heterocycles. The number of aliphatic carboxylic acids is 1. The molecule has 0 spiro atoms. The van der Waals surface area contributed by atoms with Gasteiger partial charge >= 0.3 is 5.97 Å². The number of hydrogen-bond acceptors (Lipinski definition) is 4. The molecule has 8 heteroatoms. The first kappa shape index (κ1) is 29.8. The second kappa shape index (κ2) is 12.2. The third-order valence-corrected chi connectivity index (χ3v) is 9.93. The minimum Gasteiger partial charge on any atom is -0.491 e. The Morgan fingerprint density at radius 1 is 0.957 bits per heavy atom. The molecule has 0 saturated heterocycles. The van der Waals surface area contributed by atoms with Crippen molar-refractivity contribution < 1.29 is 24.2 Å². The lowest BCUT2D eigenvalue weighted by atomic mass is 9.75. The molecule has 236 valence electrons. The summed E-state index contributed by atoms with van der Waals surface area (Å²) in [6, 6.07) is 19.4. The summed E-state index contributed by atoms with van der Waals surface area (Å²) in [7, 11) is 0. The molecule has 2 aliphatic carbocycles. The van der Waals surface area contributed by atoms with Gasteiger partial charge in [-0.15, -0.1) is 0 Å². The van der Waals surface area contributed by atoms with E-state index in [0.29, 0.717) is 48.7 Å². The van der Waals surface area contributed by atoms with Crippen molar-refractivity contribution in [3.8, 4) is 17.0 Å². The Bertz CT molecular complexity index is 1860. The summed E-state index contributed by atoms with van der Waals surface area (Å²) in [6.07, 6.45) is 10.6. The third kappa shape index (κ3) is 5.57. The van der Waals surface area contributed by atoms with E-state index in [1.165, 1.54) is 47.5 Å². The zero-order chi connectivity index (χ0) is 31.8. The highest BCUT2D eigenvalue weighted by Gasteiger charge is 2.45. The molecule has 2 saturated carbocycles. The lowest BCUT2D eigenvalue weighted by Gasteiger charge is -2.40. The molecule has 7 rings (SSSR count). The number of carbonyl (C=O) groups excluding carboxylic acids is 2. The first-order valence-corrected chi connectivity index (χ1v) is 16.4. The number of carbonyl (C=O) groups is 3. The number of nitrogens with one attached hydrogen (secondary N) is 2. The van der Waals surface area contributed by atoms with Crippen LogP contribution in [-0.2, 0) is 16.1 Å². The van der Waals surface area contributed by atoms with Crippen molar-refractivity contribution in [1.82, 2.24) is 9.88 Å². The van der Waals surface area contributed by atoms with Gasteiger partial charge in [-0.3, -0.25) is 9.59 Å². The van der Waals surface area contributed by atoms with Crippen LogP contribution in [0.15, 0.2) is 66.7 Å². The van der Waals surface area contributed by atoms with Crippen molar-refractivity contribution in [1.29, 1.82) is 0 Å². The topological polar surface area (TPSA) is 110 Å². The average molecular weight is 618 g/mol. The number of amides is 2. The van der Waals surface area contributed by atoms with Crippen LogP contribution in [0.2, 0.25) is 0 Å². The second-order valence-corrected chi connectivity index (χ2v) is 13.0. The van der Waals surface area contributed by atoms with Crippen LogP contribution < -0.4 is 15.4 Å². The molecule has 2 amide bonds. The maximum absolute atomic E-state index is 13.8. The summed E-state index contributed by atoms with van der Waals surface area (Å²) in [5.74, 6) is -0.154. The summed E-state index contributed by atoms with van der Waals surface area (Å²) < 4.78 is 8.60. The highest BCUT2D eigenvalue weighted by molar-refractivity contribution is 6.06. The summed E-state index contributed by atoms with van der Waals surface area (Å²) in [6.45, 7) is 3.33. The Morgan fingerprint density at radius 3 is 2.46 bits per heavy atom. The minimum atomic E-state index is -1.02. The van der Waals surface area contributed by atoms with Crippen molar-refractivity contribution >= 4 is 40.4 Å². The Balaban J connectivity index is 1.19. The second-order valence-electron chi connectivity index (χ2n) is 13.0. The van der Waals surface area contributed by atoms with Crippen LogP contribution in [0.25, 0.3) is 28.2 Å². The highest BCUT2D eigenvalue weighted by atomic mass is 16.5. The average Bonchev–Trinajstić information content (AvgIpc) is 3.24. The SMILES string of the molecule is Cc1ccc2c(c1)OCCn1c-2c(C2CCCCC2)c2ccc(C(=O)NC3(C(=O)Nc4ccc(/C=C/C(=O)O)cc4)CCC3)cc21. The Morgan fingerprint density at radius 2 is 1.74 bits per heavy atom. The molecular weight excluding hydrogens is 578 g/mol. The predicted molar refractivity (Wildman–Crippen MR) is 179 cm³/mol. The van der Waals surface area contributed by atoms with Crippen molar-refractivity contribution in [3.05, 3.63) is 89.0 Å². The molecule has 46 heavy (non-hydrogen) atoms. The number of anilines is 1. The quantitative estimate of drug-likeness (QED) is 0.187. The molecule has 8 nitrogen and oxygen atoms in total. The molecule has 3 N–H and O–H groups in total. The van der Waals surface area contributed by atoms with Crippen molar-refractivity contribution in [3.63, 3.8) is 0 Å². The monoisotopic (exact) mass is 617 g/mol. The first-order valence-electron chi connectivity index (χ1n) is 16.4. The molecule has 2 fully saturated rings. The fourth-order valence-electron chi connectivity index (χ4n) is 7.36. The van der Waals surface area contributed by atoms with E-state index >= 15 is 0 Å². The van der Waals surface area contributed by atoms with Crippen LogP contribution in [0.5, 0.6) is 5.75 Å². The number of nitrogens with zero attached hydrogens (tertiary/aromatic N) is 1. The standard InChI is InChI=1S/C38H39N3O5/c1-24-8-15-30-32(22-24)46-21-20-41-31-23-27(12-16-29(31)34(35(30)41)26-6-3-2-4-7-26)36(44)40-38(18-5-19-38)37(45)39-28-13-9-25(10-14-28)11-17-33(42)43/h8-17,22-23,26H,2-7,18-21H2,1H3,(H,39,45)(H,40,44)(H,42,43)/b17-11+. The number of benzene rings is 3. The van der Waals surface area contributed by atoms with Crippen LogP contribution in [0.3, 0.4) is 0 Å². The van der Waals surface area contributed by atoms with Crippen LogP contribution in [0.1, 0.15) is 84.3 Å². The number of aryl methyl sites for hydroxylation is 1. The van der Waals surface area contributed by atoms with E-state index in [1.54, 1.807) is 24.3 Å². The smallest absolute Gasteiger partial charge is 0.328 e. The zero-order valence-corrected chi connectivity index (χ0v) is 26.1. The van der Waals surface area contributed by atoms with Crippen molar-refractivity contribution in [2.24, 2.45) is 0 Å². The molecule has 4 aromatic rings. The molecule has 0 atom stereocenters. The molecule has 0 bridgehead atoms. The van der Waals surface area contributed by atoms with Gasteiger partial charge in [0.15, 0.2) is 0 Å². The molecule has 3 aliphatic rings. The van der Waals surface area contributed by atoms with Gasteiger partial charge in [-0.25, -0.2) is 4.79 Å². The fourth-order valence-corrected chi connectivity index (χ4v) is 7.36. The molecule has 2 heterocycles. The van der Waals surface area contributed by atoms with Gasteiger partial charge in [-0.2, -0.15) is 0 Å². The van der Waals surface area contributed by atoms with Crippen LogP contribution >= 0.6 is 0 Å².